The van der Waals surface area contributed by atoms with Crippen LogP contribution in [0.1, 0.15) is 33.6 Å². The van der Waals surface area contributed by atoms with E-state index in [1.165, 1.54) is 0 Å². The minimum Gasteiger partial charge on any atom is -0.396 e. The van der Waals surface area contributed by atoms with Gasteiger partial charge >= 0.3 is 0 Å². The van der Waals surface area contributed by atoms with E-state index in [1.807, 2.05) is 13.8 Å². The molecule has 0 aromatic carbocycles. The Labute approximate surface area is 62.9 Å². The van der Waals surface area contributed by atoms with E-state index in [1.54, 1.807) is 6.92 Å². The fraction of sp³-hybridized carbons (Fsp3) is 1.00. The maximum Gasteiger partial charge on any atom is 0.0666 e. The van der Waals surface area contributed by atoms with Crippen molar-refractivity contribution in [1.82, 2.24) is 0 Å². The van der Waals surface area contributed by atoms with Crippen LogP contribution < -0.4 is 0 Å². The Hall–Kier alpha value is -0.0800. The summed E-state index contributed by atoms with van der Waals surface area (Å²) in [6.45, 7) is 5.76. The second kappa shape index (κ2) is 3.94. The first-order valence-electron chi connectivity index (χ1n) is 3.91. The fourth-order valence-corrected chi connectivity index (χ4v) is 1.05. The molecule has 0 amide bonds. The van der Waals surface area contributed by atoms with Crippen molar-refractivity contribution in [1.29, 1.82) is 0 Å². The highest BCUT2D eigenvalue weighted by atomic mass is 16.3. The van der Waals surface area contributed by atoms with Gasteiger partial charge in [-0.25, -0.2) is 0 Å². The minimum atomic E-state index is -0.691. The number of aliphatic hydroxyl groups excluding tert-OH is 1. The van der Waals surface area contributed by atoms with Crippen molar-refractivity contribution < 1.29 is 10.2 Å². The maximum atomic E-state index is 9.62. The van der Waals surface area contributed by atoms with Crippen LogP contribution in [-0.2, 0) is 0 Å². The molecule has 2 N–H and O–H groups in total. The average molecular weight is 146 g/mol. The first-order valence-corrected chi connectivity index (χ1v) is 3.91. The molecule has 0 heterocycles. The van der Waals surface area contributed by atoms with Gasteiger partial charge in [-0.1, -0.05) is 13.8 Å². The van der Waals surface area contributed by atoms with E-state index in [4.69, 9.17) is 5.11 Å². The van der Waals surface area contributed by atoms with Crippen molar-refractivity contribution >= 4 is 0 Å². The van der Waals surface area contributed by atoms with E-state index in [9.17, 15) is 5.11 Å². The molecule has 62 valence electrons. The number of hydrogen-bond acceptors (Lipinski definition) is 2. The van der Waals surface area contributed by atoms with Crippen molar-refractivity contribution in [2.24, 2.45) is 5.92 Å². The van der Waals surface area contributed by atoms with E-state index in [0.29, 0.717) is 6.42 Å². The van der Waals surface area contributed by atoms with Crippen molar-refractivity contribution in [3.63, 3.8) is 0 Å². The van der Waals surface area contributed by atoms with Crippen molar-refractivity contribution in [2.45, 2.75) is 39.2 Å². The highest BCUT2D eigenvalue weighted by Crippen LogP contribution is 2.22. The molecule has 0 aliphatic carbocycles. The molecule has 0 saturated carbocycles. The lowest BCUT2D eigenvalue weighted by atomic mass is 9.86. The van der Waals surface area contributed by atoms with Crippen LogP contribution >= 0.6 is 0 Å². The van der Waals surface area contributed by atoms with Gasteiger partial charge in [0, 0.05) is 12.5 Å². The van der Waals surface area contributed by atoms with Crippen LogP contribution in [0.2, 0.25) is 0 Å². The third-order valence-corrected chi connectivity index (χ3v) is 2.31. The quantitative estimate of drug-likeness (QED) is 0.625. The molecule has 2 nitrogen and oxygen atoms in total. The molecule has 2 heteroatoms. The molecule has 0 saturated heterocycles. The van der Waals surface area contributed by atoms with Crippen LogP contribution in [0.15, 0.2) is 0 Å². The second-order valence-electron chi connectivity index (χ2n) is 3.00. The zero-order chi connectivity index (χ0) is 8.20. The molecule has 10 heavy (non-hydrogen) atoms. The third kappa shape index (κ3) is 2.27. The van der Waals surface area contributed by atoms with E-state index in [-0.39, 0.29) is 12.5 Å². The first-order chi connectivity index (χ1) is 4.58. The van der Waals surface area contributed by atoms with E-state index in [2.05, 4.69) is 0 Å². The summed E-state index contributed by atoms with van der Waals surface area (Å²) in [6, 6.07) is 0. The van der Waals surface area contributed by atoms with Gasteiger partial charge in [-0.3, -0.25) is 0 Å². The number of rotatable bonds is 4. The lowest BCUT2D eigenvalue weighted by molar-refractivity contribution is -0.0286. The van der Waals surface area contributed by atoms with Gasteiger partial charge in [0.2, 0.25) is 0 Å². The highest BCUT2D eigenvalue weighted by Gasteiger charge is 2.27. The van der Waals surface area contributed by atoms with Gasteiger partial charge in [-0.15, -0.1) is 0 Å². The summed E-state index contributed by atoms with van der Waals surface area (Å²) < 4.78 is 0. The normalized spacial score (nSPS) is 20.1. The van der Waals surface area contributed by atoms with Gasteiger partial charge in [0.05, 0.1) is 5.60 Å². The predicted molar refractivity (Wildman–Crippen MR) is 41.8 cm³/mol. The minimum absolute atomic E-state index is 0.0255. The summed E-state index contributed by atoms with van der Waals surface area (Å²) >= 11 is 0. The summed E-state index contributed by atoms with van der Waals surface area (Å²) in [6.07, 6.45) is 1.53. The molecule has 0 aliphatic rings. The Bertz CT molecular complexity index is 85.3. The molecule has 0 aliphatic heterocycles. The number of hydrogen-bond donors (Lipinski definition) is 2. The van der Waals surface area contributed by atoms with E-state index >= 15 is 0 Å². The monoisotopic (exact) mass is 146 g/mol. The molecule has 2 unspecified atom stereocenters. The molecule has 0 aromatic heterocycles. The molecule has 2 atom stereocenters. The van der Waals surface area contributed by atoms with Crippen molar-refractivity contribution in [2.75, 3.05) is 6.61 Å². The summed E-state index contributed by atoms with van der Waals surface area (Å²) in [4.78, 5) is 0. The van der Waals surface area contributed by atoms with Gasteiger partial charge in [0.1, 0.15) is 0 Å². The Balaban J connectivity index is 3.97. The van der Waals surface area contributed by atoms with Crippen LogP contribution in [0.4, 0.5) is 0 Å². The Morgan fingerprint density at radius 3 is 2.00 bits per heavy atom. The van der Waals surface area contributed by atoms with Crippen LogP contribution in [0.25, 0.3) is 0 Å². The molecule has 0 radical (unpaired) electrons. The van der Waals surface area contributed by atoms with Crippen molar-refractivity contribution in [3.8, 4) is 0 Å². The zero-order valence-electron chi connectivity index (χ0n) is 7.09. The summed E-state index contributed by atoms with van der Waals surface area (Å²) in [5.41, 5.74) is -0.691. The van der Waals surface area contributed by atoms with Crippen LogP contribution in [0.5, 0.6) is 0 Å². The van der Waals surface area contributed by atoms with Crippen LogP contribution in [0.3, 0.4) is 0 Å². The second-order valence-corrected chi connectivity index (χ2v) is 3.00. The average Bonchev–Trinajstić information content (AvgIpc) is 1.90. The van der Waals surface area contributed by atoms with Crippen LogP contribution in [-0.4, -0.2) is 22.4 Å². The predicted octanol–water partition coefficient (Wildman–Crippen LogP) is 1.17. The Kier molecular flexibility index (Phi) is 3.91. The molecule has 0 spiro atoms. The molecular weight excluding hydrogens is 128 g/mol. The largest absolute Gasteiger partial charge is 0.396 e. The van der Waals surface area contributed by atoms with E-state index in [0.717, 1.165) is 6.42 Å². The molecular formula is C8H18O2. The lowest BCUT2D eigenvalue weighted by Gasteiger charge is -2.29. The van der Waals surface area contributed by atoms with Gasteiger partial charge in [0.25, 0.3) is 0 Å². The van der Waals surface area contributed by atoms with Gasteiger partial charge in [0.15, 0.2) is 0 Å². The topological polar surface area (TPSA) is 40.5 Å². The smallest absolute Gasteiger partial charge is 0.0666 e. The van der Waals surface area contributed by atoms with Gasteiger partial charge in [-0.05, 0) is 19.8 Å². The highest BCUT2D eigenvalue weighted by molar-refractivity contribution is 4.78. The zero-order valence-corrected chi connectivity index (χ0v) is 7.09. The van der Waals surface area contributed by atoms with Crippen LogP contribution in [0, 0.1) is 5.92 Å². The molecule has 0 aromatic rings. The van der Waals surface area contributed by atoms with Crippen molar-refractivity contribution in [3.05, 3.63) is 0 Å². The van der Waals surface area contributed by atoms with Gasteiger partial charge < -0.3 is 10.2 Å². The number of aliphatic hydroxyl groups is 2. The Morgan fingerprint density at radius 2 is 1.90 bits per heavy atom. The first kappa shape index (κ1) is 9.92. The standard InChI is InChI=1S/C8H18O2/c1-4-7(6-9)8(3,10)5-2/h7,9-10H,4-6H2,1-3H3. The third-order valence-electron chi connectivity index (χ3n) is 2.31. The molecule has 0 rings (SSSR count). The Morgan fingerprint density at radius 1 is 1.40 bits per heavy atom. The molecule has 0 fully saturated rings. The maximum absolute atomic E-state index is 9.62. The summed E-state index contributed by atoms with van der Waals surface area (Å²) in [7, 11) is 0. The van der Waals surface area contributed by atoms with E-state index < -0.39 is 5.60 Å². The lowest BCUT2D eigenvalue weighted by Crippen LogP contribution is -2.35. The fourth-order valence-electron chi connectivity index (χ4n) is 1.05. The summed E-state index contributed by atoms with van der Waals surface area (Å²) in [5.74, 6) is 0.0255. The SMILES string of the molecule is CCC(CO)C(C)(O)CC. The van der Waals surface area contributed by atoms with Gasteiger partial charge in [-0.2, -0.15) is 0 Å². The summed E-state index contributed by atoms with van der Waals surface area (Å²) in [5, 5.41) is 18.5. The molecule has 0 bridgehead atoms.